The predicted octanol–water partition coefficient (Wildman–Crippen LogP) is 4.80. The van der Waals surface area contributed by atoms with Crippen molar-refractivity contribution in [1.29, 1.82) is 0 Å². The van der Waals surface area contributed by atoms with Crippen LogP contribution in [-0.2, 0) is 19.6 Å². The second-order valence-corrected chi connectivity index (χ2v) is 9.36. The Kier molecular flexibility index (Phi) is 6.78. The summed E-state index contributed by atoms with van der Waals surface area (Å²) in [5, 5.41) is 10.6. The highest BCUT2D eigenvalue weighted by molar-refractivity contribution is 6.00. The van der Waals surface area contributed by atoms with Crippen molar-refractivity contribution in [2.24, 2.45) is 0 Å². The lowest BCUT2D eigenvalue weighted by atomic mass is 9.98. The molecule has 2 heterocycles. The molecule has 1 saturated heterocycles. The first-order chi connectivity index (χ1) is 17.4. The third-order valence-electron chi connectivity index (χ3n) is 6.62. The number of carbonyl (C=O) groups is 1. The highest BCUT2D eigenvalue weighted by Crippen LogP contribution is 2.36. The second kappa shape index (κ2) is 10.1. The topological polar surface area (TPSA) is 62.2 Å². The fraction of sp³-hybridized carbons (Fsp3) is 0.321. The molecule has 3 aromatic carbocycles. The van der Waals surface area contributed by atoms with Gasteiger partial charge in [0.1, 0.15) is 35.5 Å². The summed E-state index contributed by atoms with van der Waals surface area (Å²) in [5.74, 6) is -0.205. The normalized spacial score (nSPS) is 15.9. The number of carbonyl (C=O) groups excluding carboxylic acids is 1. The number of benzene rings is 3. The maximum Gasteiger partial charge on any atom is 0.264 e. The summed E-state index contributed by atoms with van der Waals surface area (Å²) in [7, 11) is 2.05. The average Bonchev–Trinajstić information content (AvgIpc) is 2.86. The Hall–Kier alpha value is -3.65. The summed E-state index contributed by atoms with van der Waals surface area (Å²) < 4.78 is 38.7. The molecule has 0 aromatic heterocycles. The second-order valence-electron chi connectivity index (χ2n) is 9.36. The number of halogens is 2. The van der Waals surface area contributed by atoms with Gasteiger partial charge in [-0.1, -0.05) is 36.4 Å². The van der Waals surface area contributed by atoms with Gasteiger partial charge in [-0.05, 0) is 54.4 Å². The highest BCUT2D eigenvalue weighted by atomic mass is 19.3. The molecule has 0 saturated carbocycles. The fourth-order valence-electron chi connectivity index (χ4n) is 4.65. The van der Waals surface area contributed by atoms with Crippen molar-refractivity contribution in [1.82, 2.24) is 9.80 Å². The Morgan fingerprint density at radius 2 is 1.86 bits per heavy atom. The zero-order valence-electron chi connectivity index (χ0n) is 20.0. The van der Waals surface area contributed by atoms with E-state index >= 15 is 0 Å². The van der Waals surface area contributed by atoms with Gasteiger partial charge in [-0.3, -0.25) is 9.69 Å². The molecule has 0 atom stereocenters. The highest BCUT2D eigenvalue weighted by Gasteiger charge is 2.29. The summed E-state index contributed by atoms with van der Waals surface area (Å²) in [6.07, 6.45) is -1.99. The van der Waals surface area contributed by atoms with Crippen LogP contribution in [-0.4, -0.2) is 53.6 Å². The van der Waals surface area contributed by atoms with Gasteiger partial charge in [-0.15, -0.1) is 0 Å². The Morgan fingerprint density at radius 1 is 1.08 bits per heavy atom. The maximum atomic E-state index is 13.5. The standard InChI is InChI=1S/C28H28F2N2O4/c1-31-15-23(16-31)36-22-8-7-20-14-32(10-9-19(20)11-22)28(34)26-24(33)12-21(27(29)30)13-25(26)35-17-18-5-3-2-4-6-18/h2-8,11-13,23,27,33H,9-10,14-17H2,1H3. The van der Waals surface area contributed by atoms with Crippen LogP contribution in [0.25, 0.3) is 0 Å². The van der Waals surface area contributed by atoms with Crippen LogP contribution in [0.5, 0.6) is 17.2 Å². The van der Waals surface area contributed by atoms with Gasteiger partial charge in [0.2, 0.25) is 0 Å². The molecule has 0 unspecified atom stereocenters. The number of alkyl halides is 2. The molecule has 0 aliphatic carbocycles. The molecular weight excluding hydrogens is 466 g/mol. The lowest BCUT2D eigenvalue weighted by Gasteiger charge is -2.36. The lowest BCUT2D eigenvalue weighted by molar-refractivity contribution is 0.0387. The van der Waals surface area contributed by atoms with Crippen LogP contribution >= 0.6 is 0 Å². The van der Waals surface area contributed by atoms with Gasteiger partial charge in [-0.2, -0.15) is 0 Å². The predicted molar refractivity (Wildman–Crippen MR) is 131 cm³/mol. The van der Waals surface area contributed by atoms with Gasteiger partial charge in [0.25, 0.3) is 12.3 Å². The number of phenols is 1. The molecule has 1 amide bonds. The molecule has 3 aromatic rings. The summed E-state index contributed by atoms with van der Waals surface area (Å²) >= 11 is 0. The van der Waals surface area contributed by atoms with E-state index < -0.39 is 23.6 Å². The maximum absolute atomic E-state index is 13.5. The van der Waals surface area contributed by atoms with Crippen molar-refractivity contribution in [2.75, 3.05) is 26.7 Å². The largest absolute Gasteiger partial charge is 0.507 e. The van der Waals surface area contributed by atoms with Crippen LogP contribution < -0.4 is 9.47 Å². The van der Waals surface area contributed by atoms with E-state index in [-0.39, 0.29) is 24.0 Å². The number of rotatable bonds is 7. The van der Waals surface area contributed by atoms with Crippen molar-refractivity contribution in [3.05, 3.63) is 88.5 Å². The number of hydrogen-bond acceptors (Lipinski definition) is 5. The molecule has 0 radical (unpaired) electrons. The third kappa shape index (κ3) is 5.14. The third-order valence-corrected chi connectivity index (χ3v) is 6.62. The van der Waals surface area contributed by atoms with Crippen LogP contribution in [0.2, 0.25) is 0 Å². The minimum atomic E-state index is -2.81. The molecule has 0 bridgehead atoms. The summed E-state index contributed by atoms with van der Waals surface area (Å²) in [6, 6.07) is 17.2. The Bertz CT molecular complexity index is 1250. The van der Waals surface area contributed by atoms with Crippen molar-refractivity contribution in [3.63, 3.8) is 0 Å². The average molecular weight is 495 g/mol. The van der Waals surface area contributed by atoms with E-state index in [0.717, 1.165) is 47.7 Å². The molecule has 2 aliphatic rings. The van der Waals surface area contributed by atoms with Gasteiger partial charge in [0, 0.05) is 31.7 Å². The van der Waals surface area contributed by atoms with Crippen molar-refractivity contribution < 1.29 is 28.2 Å². The van der Waals surface area contributed by atoms with E-state index in [1.54, 1.807) is 4.90 Å². The molecular formula is C28H28F2N2O4. The van der Waals surface area contributed by atoms with E-state index in [1.807, 2.05) is 48.5 Å². The van der Waals surface area contributed by atoms with Crippen molar-refractivity contribution in [2.45, 2.75) is 32.1 Å². The Labute approximate surface area is 208 Å². The van der Waals surface area contributed by atoms with Crippen molar-refractivity contribution >= 4 is 5.91 Å². The van der Waals surface area contributed by atoms with Crippen LogP contribution in [0.3, 0.4) is 0 Å². The number of phenolic OH excluding ortho intramolecular Hbond substituents is 1. The number of aromatic hydroxyl groups is 1. The summed E-state index contributed by atoms with van der Waals surface area (Å²) in [5.41, 5.74) is 2.41. The Morgan fingerprint density at radius 3 is 2.58 bits per heavy atom. The number of amides is 1. The van der Waals surface area contributed by atoms with Crippen LogP contribution in [0.1, 0.15) is 39.0 Å². The van der Waals surface area contributed by atoms with Crippen LogP contribution in [0.15, 0.2) is 60.7 Å². The number of ether oxygens (including phenoxy) is 2. The summed E-state index contributed by atoms with van der Waals surface area (Å²) in [4.78, 5) is 17.3. The number of hydrogen-bond donors (Lipinski definition) is 1. The van der Waals surface area contributed by atoms with Gasteiger partial charge in [-0.25, -0.2) is 8.78 Å². The van der Waals surface area contributed by atoms with Crippen LogP contribution in [0, 0.1) is 0 Å². The molecule has 5 rings (SSSR count). The monoisotopic (exact) mass is 494 g/mol. The van der Waals surface area contributed by atoms with Gasteiger partial charge in [0.05, 0.1) is 0 Å². The smallest absolute Gasteiger partial charge is 0.264 e. The van der Waals surface area contributed by atoms with E-state index in [9.17, 15) is 18.7 Å². The van der Waals surface area contributed by atoms with Gasteiger partial charge >= 0.3 is 0 Å². The van der Waals surface area contributed by atoms with E-state index in [0.29, 0.717) is 19.5 Å². The molecule has 188 valence electrons. The summed E-state index contributed by atoms with van der Waals surface area (Å²) in [6.45, 7) is 2.66. The first kappa shape index (κ1) is 24.1. The number of nitrogens with zero attached hydrogens (tertiary/aromatic N) is 2. The molecule has 8 heteroatoms. The Balaban J connectivity index is 1.35. The van der Waals surface area contributed by atoms with E-state index in [2.05, 4.69) is 11.9 Å². The van der Waals surface area contributed by atoms with Gasteiger partial charge < -0.3 is 19.5 Å². The molecule has 36 heavy (non-hydrogen) atoms. The zero-order chi connectivity index (χ0) is 25.2. The molecule has 6 nitrogen and oxygen atoms in total. The van der Waals surface area contributed by atoms with E-state index in [4.69, 9.17) is 9.47 Å². The first-order valence-electron chi connectivity index (χ1n) is 12.0. The lowest BCUT2D eigenvalue weighted by Crippen LogP contribution is -2.51. The van der Waals surface area contributed by atoms with Crippen LogP contribution in [0.4, 0.5) is 8.78 Å². The number of likely N-dealkylation sites (N-methyl/N-ethyl adjacent to an activating group) is 1. The quantitative estimate of drug-likeness (QED) is 0.511. The molecule has 2 aliphatic heterocycles. The van der Waals surface area contributed by atoms with E-state index in [1.165, 1.54) is 0 Å². The molecule has 0 spiro atoms. The minimum absolute atomic E-state index is 0.0563. The molecule has 1 N–H and O–H groups in total. The first-order valence-corrected chi connectivity index (χ1v) is 12.0. The fourth-order valence-corrected chi connectivity index (χ4v) is 4.65. The van der Waals surface area contributed by atoms with Crippen molar-refractivity contribution in [3.8, 4) is 17.2 Å². The molecule has 1 fully saturated rings. The zero-order valence-corrected chi connectivity index (χ0v) is 20.0. The number of fused-ring (bicyclic) bond motifs is 1. The SMILES string of the molecule is CN1CC(Oc2ccc3c(c2)CCN(C(=O)c2c(O)cc(C(F)F)cc2OCc2ccccc2)C3)C1. The minimum Gasteiger partial charge on any atom is -0.507 e. The number of likely N-dealkylation sites (tertiary alicyclic amines) is 1. The van der Waals surface area contributed by atoms with Gasteiger partial charge in [0.15, 0.2) is 0 Å².